The van der Waals surface area contributed by atoms with E-state index in [1.54, 1.807) is 31.4 Å². The van der Waals surface area contributed by atoms with Gasteiger partial charge in [-0.15, -0.1) is 11.3 Å². The average Bonchev–Trinajstić information content (AvgIpc) is 3.14. The summed E-state index contributed by atoms with van der Waals surface area (Å²) in [4.78, 5) is 22.6. The highest BCUT2D eigenvalue weighted by atomic mass is 35.5. The van der Waals surface area contributed by atoms with Crippen LogP contribution in [0, 0.1) is 0 Å². The van der Waals surface area contributed by atoms with Crippen LogP contribution in [-0.2, 0) is 6.42 Å². The first-order chi connectivity index (χ1) is 13.0. The molecule has 0 saturated heterocycles. The topological polar surface area (TPSA) is 66.9 Å². The van der Waals surface area contributed by atoms with Gasteiger partial charge in [-0.25, -0.2) is 9.97 Å². The Balaban J connectivity index is 1.66. The van der Waals surface area contributed by atoms with Gasteiger partial charge in [0.2, 0.25) is 5.95 Å². The van der Waals surface area contributed by atoms with Gasteiger partial charge in [0.25, 0.3) is 5.91 Å². The SMILES string of the molecule is CNc1nccc(-c2ccc(C(=O)N[C@H](C)Cc3ccc(Cl)cc3Cl)s2)n1. The van der Waals surface area contributed by atoms with Gasteiger partial charge < -0.3 is 10.6 Å². The molecule has 0 radical (unpaired) electrons. The Bertz CT molecular complexity index is 960. The predicted octanol–water partition coefficient (Wildman–Crippen LogP) is 4.91. The molecule has 2 N–H and O–H groups in total. The number of anilines is 1. The number of amides is 1. The minimum atomic E-state index is -0.119. The molecule has 3 aromatic rings. The zero-order chi connectivity index (χ0) is 19.4. The maximum atomic E-state index is 12.6. The highest BCUT2D eigenvalue weighted by Gasteiger charge is 2.15. The molecule has 8 heteroatoms. The van der Waals surface area contributed by atoms with Gasteiger partial charge >= 0.3 is 0 Å². The van der Waals surface area contributed by atoms with Crippen molar-refractivity contribution in [2.45, 2.75) is 19.4 Å². The molecule has 2 heterocycles. The number of hydrogen-bond acceptors (Lipinski definition) is 5. The van der Waals surface area contributed by atoms with Crippen LogP contribution < -0.4 is 10.6 Å². The molecule has 0 aliphatic carbocycles. The van der Waals surface area contributed by atoms with E-state index in [1.165, 1.54) is 11.3 Å². The van der Waals surface area contributed by atoms with Crippen molar-refractivity contribution in [3.8, 4) is 10.6 Å². The number of hydrogen-bond donors (Lipinski definition) is 2. The summed E-state index contributed by atoms with van der Waals surface area (Å²) < 4.78 is 0. The van der Waals surface area contributed by atoms with E-state index in [4.69, 9.17) is 23.2 Å². The van der Waals surface area contributed by atoms with Crippen LogP contribution in [0.15, 0.2) is 42.6 Å². The summed E-state index contributed by atoms with van der Waals surface area (Å²) in [5, 5.41) is 7.11. The Kier molecular flexibility index (Phi) is 6.31. The van der Waals surface area contributed by atoms with Crippen molar-refractivity contribution >= 4 is 46.4 Å². The predicted molar refractivity (Wildman–Crippen MR) is 112 cm³/mol. The van der Waals surface area contributed by atoms with Crippen molar-refractivity contribution in [3.05, 3.63) is 63.1 Å². The summed E-state index contributed by atoms with van der Waals surface area (Å²) in [6.45, 7) is 1.95. The van der Waals surface area contributed by atoms with Crippen LogP contribution in [-0.4, -0.2) is 29.0 Å². The Morgan fingerprint density at radius 2 is 2.04 bits per heavy atom. The summed E-state index contributed by atoms with van der Waals surface area (Å²) in [5.74, 6) is 0.423. The molecule has 0 spiro atoms. The first-order valence-corrected chi connectivity index (χ1v) is 9.89. The van der Waals surface area contributed by atoms with Crippen LogP contribution in [0.5, 0.6) is 0 Å². The van der Waals surface area contributed by atoms with E-state index in [9.17, 15) is 4.79 Å². The smallest absolute Gasteiger partial charge is 0.261 e. The summed E-state index contributed by atoms with van der Waals surface area (Å²) in [6, 6.07) is 10.8. The molecule has 5 nitrogen and oxygen atoms in total. The van der Waals surface area contributed by atoms with E-state index < -0.39 is 0 Å². The van der Waals surface area contributed by atoms with Gasteiger partial charge in [-0.3, -0.25) is 4.79 Å². The van der Waals surface area contributed by atoms with Crippen molar-refractivity contribution in [3.63, 3.8) is 0 Å². The van der Waals surface area contributed by atoms with E-state index in [0.29, 0.717) is 27.3 Å². The van der Waals surface area contributed by atoms with Gasteiger partial charge in [0, 0.05) is 29.3 Å². The lowest BCUT2D eigenvalue weighted by atomic mass is 10.1. The first kappa shape index (κ1) is 19.6. The summed E-state index contributed by atoms with van der Waals surface area (Å²) in [5.41, 5.74) is 1.72. The fraction of sp³-hybridized carbons (Fsp3) is 0.211. The van der Waals surface area contributed by atoms with Crippen molar-refractivity contribution in [2.24, 2.45) is 0 Å². The van der Waals surface area contributed by atoms with Gasteiger partial charge in [0.15, 0.2) is 0 Å². The third-order valence-electron chi connectivity index (χ3n) is 3.88. The maximum absolute atomic E-state index is 12.6. The monoisotopic (exact) mass is 420 g/mol. The fourth-order valence-electron chi connectivity index (χ4n) is 2.58. The standard InChI is InChI=1S/C19H18Cl2N4OS/c1-11(9-12-3-4-13(20)10-14(12)21)24-18(26)17-6-5-16(27-17)15-7-8-23-19(22-2)25-15/h3-8,10-11H,9H2,1-2H3,(H,24,26)(H,22,23,25)/t11-/m1/s1. The molecule has 3 rings (SSSR count). The molecule has 1 amide bonds. The lowest BCUT2D eigenvalue weighted by Crippen LogP contribution is -2.33. The molecule has 0 unspecified atom stereocenters. The Hall–Kier alpha value is -2.15. The van der Waals surface area contributed by atoms with Gasteiger partial charge in [0.1, 0.15) is 0 Å². The van der Waals surface area contributed by atoms with E-state index in [2.05, 4.69) is 20.6 Å². The van der Waals surface area contributed by atoms with Crippen LogP contribution in [0.3, 0.4) is 0 Å². The number of rotatable bonds is 6. The highest BCUT2D eigenvalue weighted by molar-refractivity contribution is 7.17. The zero-order valence-corrected chi connectivity index (χ0v) is 17.1. The molecule has 140 valence electrons. The van der Waals surface area contributed by atoms with Crippen molar-refractivity contribution in [2.75, 3.05) is 12.4 Å². The number of carbonyl (C=O) groups is 1. The van der Waals surface area contributed by atoms with Crippen molar-refractivity contribution in [1.82, 2.24) is 15.3 Å². The molecule has 27 heavy (non-hydrogen) atoms. The number of thiophene rings is 1. The number of carbonyl (C=O) groups excluding carboxylic acids is 1. The van der Waals surface area contributed by atoms with Crippen molar-refractivity contribution in [1.29, 1.82) is 0 Å². The number of nitrogens with zero attached hydrogens (tertiary/aromatic N) is 2. The number of nitrogens with one attached hydrogen (secondary N) is 2. The van der Waals surface area contributed by atoms with Crippen LogP contribution in [0.2, 0.25) is 10.0 Å². The molecule has 1 atom stereocenters. The highest BCUT2D eigenvalue weighted by Crippen LogP contribution is 2.27. The average molecular weight is 421 g/mol. The zero-order valence-electron chi connectivity index (χ0n) is 14.8. The molecule has 1 aromatic carbocycles. The third kappa shape index (κ3) is 4.97. The third-order valence-corrected chi connectivity index (χ3v) is 5.57. The largest absolute Gasteiger partial charge is 0.357 e. The minimum absolute atomic E-state index is 0.0725. The van der Waals surface area contributed by atoms with E-state index >= 15 is 0 Å². The van der Waals surface area contributed by atoms with Crippen LogP contribution >= 0.6 is 34.5 Å². The first-order valence-electron chi connectivity index (χ1n) is 8.32. The van der Waals surface area contributed by atoms with E-state index in [0.717, 1.165) is 16.1 Å². The molecule has 0 saturated carbocycles. The second kappa shape index (κ2) is 8.69. The van der Waals surface area contributed by atoms with Gasteiger partial charge in [-0.2, -0.15) is 0 Å². The summed E-state index contributed by atoms with van der Waals surface area (Å²) in [6.07, 6.45) is 2.31. The van der Waals surface area contributed by atoms with Crippen molar-refractivity contribution < 1.29 is 4.79 Å². The number of halogens is 2. The molecular weight excluding hydrogens is 403 g/mol. The second-order valence-electron chi connectivity index (χ2n) is 5.99. The summed E-state index contributed by atoms with van der Waals surface area (Å²) >= 11 is 13.5. The van der Waals surface area contributed by atoms with Crippen LogP contribution in [0.4, 0.5) is 5.95 Å². The normalized spacial score (nSPS) is 11.9. The fourth-order valence-corrected chi connectivity index (χ4v) is 3.94. The van der Waals surface area contributed by atoms with E-state index in [-0.39, 0.29) is 11.9 Å². The van der Waals surface area contributed by atoms with Gasteiger partial charge in [-0.05, 0) is 49.2 Å². The van der Waals surface area contributed by atoms with E-state index in [1.807, 2.05) is 25.1 Å². The summed E-state index contributed by atoms with van der Waals surface area (Å²) in [7, 11) is 1.76. The molecule has 0 fully saturated rings. The van der Waals surface area contributed by atoms with Crippen LogP contribution in [0.1, 0.15) is 22.2 Å². The molecule has 0 aliphatic heterocycles. The molecule has 2 aromatic heterocycles. The lowest BCUT2D eigenvalue weighted by Gasteiger charge is -2.14. The quantitative estimate of drug-likeness (QED) is 0.593. The molecule has 0 bridgehead atoms. The van der Waals surface area contributed by atoms with Crippen LogP contribution in [0.25, 0.3) is 10.6 Å². The number of aromatic nitrogens is 2. The maximum Gasteiger partial charge on any atom is 0.261 e. The Morgan fingerprint density at radius 3 is 2.78 bits per heavy atom. The van der Waals surface area contributed by atoms with Gasteiger partial charge in [0.05, 0.1) is 15.4 Å². The Labute approximate surface area is 171 Å². The minimum Gasteiger partial charge on any atom is -0.357 e. The molecule has 0 aliphatic rings. The number of benzene rings is 1. The lowest BCUT2D eigenvalue weighted by molar-refractivity contribution is 0.0944. The van der Waals surface area contributed by atoms with Gasteiger partial charge in [-0.1, -0.05) is 29.3 Å². The second-order valence-corrected chi connectivity index (χ2v) is 7.92. The Morgan fingerprint density at radius 1 is 1.22 bits per heavy atom. The molecular formula is C19H18Cl2N4OS.